The summed E-state index contributed by atoms with van der Waals surface area (Å²) in [6.45, 7) is 4.14. The van der Waals surface area contributed by atoms with Crippen LogP contribution >= 0.6 is 0 Å². The topological polar surface area (TPSA) is 88.0 Å². The lowest BCUT2D eigenvalue weighted by Crippen LogP contribution is -2.13. The van der Waals surface area contributed by atoms with E-state index < -0.39 is 0 Å². The summed E-state index contributed by atoms with van der Waals surface area (Å²) >= 11 is 0. The van der Waals surface area contributed by atoms with Gasteiger partial charge in [0, 0.05) is 18.8 Å². The Kier molecular flexibility index (Phi) is 3.96. The minimum absolute atomic E-state index is 0.262. The van der Waals surface area contributed by atoms with Crippen LogP contribution in [0.5, 0.6) is 0 Å². The molecule has 2 N–H and O–H groups in total. The van der Waals surface area contributed by atoms with E-state index in [4.69, 9.17) is 0 Å². The molecule has 130 valence electrons. The van der Waals surface area contributed by atoms with Crippen molar-refractivity contribution in [1.82, 2.24) is 24.8 Å². The van der Waals surface area contributed by atoms with Crippen molar-refractivity contribution in [3.05, 3.63) is 77.0 Å². The Balaban J connectivity index is 1.59. The first-order valence-electron chi connectivity index (χ1n) is 8.30. The molecular formula is C19H18N6O. The molecular weight excluding hydrogens is 328 g/mol. The zero-order valence-corrected chi connectivity index (χ0v) is 14.5. The first kappa shape index (κ1) is 16.0. The van der Waals surface area contributed by atoms with E-state index in [1.54, 1.807) is 29.2 Å². The van der Waals surface area contributed by atoms with Crippen LogP contribution in [0.2, 0.25) is 0 Å². The van der Waals surface area contributed by atoms with Crippen LogP contribution in [0.4, 0.5) is 5.69 Å². The molecule has 3 aromatic heterocycles. The number of nitrogens with zero attached hydrogens (tertiary/aromatic N) is 4. The molecule has 0 aliphatic rings. The largest absolute Gasteiger partial charge is 0.319 e. The number of carbonyl (C=O) groups excluding carboxylic acids is 1. The maximum atomic E-state index is 12.7. The molecule has 7 nitrogen and oxygen atoms in total. The first-order chi connectivity index (χ1) is 12.6. The van der Waals surface area contributed by atoms with Crippen LogP contribution in [-0.2, 0) is 6.42 Å². The monoisotopic (exact) mass is 346 g/mol. The van der Waals surface area contributed by atoms with E-state index >= 15 is 0 Å². The van der Waals surface area contributed by atoms with Gasteiger partial charge in [-0.25, -0.2) is 9.50 Å². The van der Waals surface area contributed by atoms with Crippen molar-refractivity contribution in [2.45, 2.75) is 20.3 Å². The van der Waals surface area contributed by atoms with Crippen LogP contribution in [0.1, 0.15) is 32.7 Å². The van der Waals surface area contributed by atoms with Crippen LogP contribution in [0.15, 0.2) is 49.1 Å². The highest BCUT2D eigenvalue weighted by Crippen LogP contribution is 2.21. The van der Waals surface area contributed by atoms with Gasteiger partial charge in [0.2, 0.25) is 0 Å². The number of nitrogens with one attached hydrogen (secondary N) is 2. The third-order valence-corrected chi connectivity index (χ3v) is 4.36. The summed E-state index contributed by atoms with van der Waals surface area (Å²) in [6, 6.07) is 8.10. The molecule has 1 amide bonds. The molecule has 0 fully saturated rings. The van der Waals surface area contributed by atoms with Crippen molar-refractivity contribution in [2.75, 3.05) is 5.32 Å². The van der Waals surface area contributed by atoms with Gasteiger partial charge in [-0.05, 0) is 31.0 Å². The van der Waals surface area contributed by atoms with E-state index in [0.29, 0.717) is 23.3 Å². The number of H-pyrrole nitrogens is 1. The molecule has 0 atom stereocenters. The first-order valence-corrected chi connectivity index (χ1v) is 8.30. The van der Waals surface area contributed by atoms with E-state index in [0.717, 1.165) is 5.69 Å². The quantitative estimate of drug-likeness (QED) is 0.595. The highest BCUT2D eigenvalue weighted by atomic mass is 16.1. The van der Waals surface area contributed by atoms with Crippen molar-refractivity contribution < 1.29 is 4.79 Å². The van der Waals surface area contributed by atoms with Gasteiger partial charge in [-0.3, -0.25) is 9.89 Å². The Bertz CT molecular complexity index is 1090. The van der Waals surface area contributed by atoms with Crippen LogP contribution in [0, 0.1) is 13.8 Å². The van der Waals surface area contributed by atoms with E-state index in [2.05, 4.69) is 57.6 Å². The lowest BCUT2D eigenvalue weighted by molar-refractivity contribution is 0.102. The summed E-state index contributed by atoms with van der Waals surface area (Å²) in [6.07, 6.45) is 7.19. The highest BCUT2D eigenvalue weighted by molar-refractivity contribution is 6.08. The number of hydrogen-bond acceptors (Lipinski definition) is 4. The molecule has 26 heavy (non-hydrogen) atoms. The Morgan fingerprint density at radius 3 is 3.04 bits per heavy atom. The molecule has 4 aromatic rings. The zero-order valence-electron chi connectivity index (χ0n) is 14.5. The van der Waals surface area contributed by atoms with Crippen molar-refractivity contribution >= 4 is 17.2 Å². The molecule has 3 heterocycles. The van der Waals surface area contributed by atoms with Crippen molar-refractivity contribution in [3.8, 4) is 0 Å². The number of hydrogen-bond donors (Lipinski definition) is 2. The lowest BCUT2D eigenvalue weighted by atomic mass is 10.0. The molecule has 7 heteroatoms. The minimum atomic E-state index is -0.262. The van der Waals surface area contributed by atoms with Crippen LogP contribution in [0.3, 0.4) is 0 Å². The van der Waals surface area contributed by atoms with Gasteiger partial charge in [-0.15, -0.1) is 0 Å². The molecule has 0 saturated carbocycles. The number of benzene rings is 1. The molecule has 0 unspecified atom stereocenters. The van der Waals surface area contributed by atoms with E-state index in [1.165, 1.54) is 22.9 Å². The zero-order chi connectivity index (χ0) is 18.1. The third-order valence-electron chi connectivity index (χ3n) is 4.36. The molecule has 0 spiro atoms. The van der Waals surface area contributed by atoms with Crippen LogP contribution in [-0.4, -0.2) is 30.7 Å². The predicted octanol–water partition coefficient (Wildman–Crippen LogP) is 2.91. The van der Waals surface area contributed by atoms with Gasteiger partial charge in [-0.1, -0.05) is 23.8 Å². The maximum absolute atomic E-state index is 12.7. The predicted molar refractivity (Wildman–Crippen MR) is 98.2 cm³/mol. The Labute approximate surface area is 150 Å². The molecule has 0 bridgehead atoms. The lowest BCUT2D eigenvalue weighted by Gasteiger charge is -2.08. The average molecular weight is 346 g/mol. The minimum Gasteiger partial charge on any atom is -0.319 e. The van der Waals surface area contributed by atoms with Crippen LogP contribution < -0.4 is 5.32 Å². The second-order valence-corrected chi connectivity index (χ2v) is 6.27. The fourth-order valence-electron chi connectivity index (χ4n) is 2.91. The molecule has 0 saturated heterocycles. The number of aromatic amines is 1. The fraction of sp³-hybridized carbons (Fsp3) is 0.158. The number of carbonyl (C=O) groups is 1. The summed E-state index contributed by atoms with van der Waals surface area (Å²) in [4.78, 5) is 16.9. The van der Waals surface area contributed by atoms with Crippen molar-refractivity contribution in [1.29, 1.82) is 0 Å². The summed E-state index contributed by atoms with van der Waals surface area (Å²) in [7, 11) is 0. The smallest absolute Gasteiger partial charge is 0.261 e. The summed E-state index contributed by atoms with van der Waals surface area (Å²) in [5.74, 6) is -0.262. The van der Waals surface area contributed by atoms with Gasteiger partial charge in [0.25, 0.3) is 5.91 Å². The Morgan fingerprint density at radius 2 is 2.15 bits per heavy atom. The molecule has 4 rings (SSSR count). The summed E-state index contributed by atoms with van der Waals surface area (Å²) in [5.41, 5.74) is 6.06. The van der Waals surface area contributed by atoms with E-state index in [-0.39, 0.29) is 5.91 Å². The second kappa shape index (κ2) is 6.44. The van der Waals surface area contributed by atoms with Gasteiger partial charge < -0.3 is 5.32 Å². The number of aryl methyl sites for hydroxylation is 2. The molecule has 0 radical (unpaired) electrons. The van der Waals surface area contributed by atoms with E-state index in [9.17, 15) is 4.79 Å². The van der Waals surface area contributed by atoms with E-state index in [1.807, 2.05) is 0 Å². The average Bonchev–Trinajstić information content (AvgIpc) is 3.25. The number of rotatable bonds is 4. The number of aromatic nitrogens is 5. The van der Waals surface area contributed by atoms with Gasteiger partial charge in [0.1, 0.15) is 5.56 Å². The summed E-state index contributed by atoms with van der Waals surface area (Å²) < 4.78 is 1.57. The van der Waals surface area contributed by atoms with Crippen LogP contribution in [0.25, 0.3) is 5.65 Å². The number of anilines is 1. The fourth-order valence-corrected chi connectivity index (χ4v) is 2.91. The number of amides is 1. The molecule has 0 aliphatic carbocycles. The standard InChI is InChI=1S/C19H18N6O/c1-12-4-5-13(2)14(8-12)9-16-17(11-21-24-16)23-19(26)15-10-22-25-7-3-6-20-18(15)25/h3-8,10-11H,9H2,1-2H3,(H,21,24)(H,23,26). The Hall–Kier alpha value is -3.48. The van der Waals surface area contributed by atoms with Crippen molar-refractivity contribution in [3.63, 3.8) is 0 Å². The SMILES string of the molecule is Cc1ccc(C)c(Cc2[nH]ncc2NC(=O)c2cnn3cccnc23)c1. The van der Waals surface area contributed by atoms with Crippen molar-refractivity contribution in [2.24, 2.45) is 0 Å². The second-order valence-electron chi connectivity index (χ2n) is 6.27. The maximum Gasteiger partial charge on any atom is 0.261 e. The normalized spacial score (nSPS) is 11.0. The van der Waals surface area contributed by atoms with Gasteiger partial charge in [0.05, 0.1) is 23.8 Å². The summed E-state index contributed by atoms with van der Waals surface area (Å²) in [5, 5.41) is 14.1. The molecule has 0 aliphatic heterocycles. The van der Waals surface area contributed by atoms with Gasteiger partial charge in [0.15, 0.2) is 5.65 Å². The highest BCUT2D eigenvalue weighted by Gasteiger charge is 2.16. The van der Waals surface area contributed by atoms with Gasteiger partial charge in [-0.2, -0.15) is 10.2 Å². The number of fused-ring (bicyclic) bond motifs is 1. The molecule has 1 aromatic carbocycles. The Morgan fingerprint density at radius 1 is 1.27 bits per heavy atom. The van der Waals surface area contributed by atoms with Gasteiger partial charge >= 0.3 is 0 Å². The third kappa shape index (κ3) is 2.95.